The fourth-order valence-electron chi connectivity index (χ4n) is 1.47. The summed E-state index contributed by atoms with van der Waals surface area (Å²) in [6, 6.07) is 0. The fourth-order valence-corrected chi connectivity index (χ4v) is 2.49. The van der Waals surface area contributed by atoms with E-state index in [1.807, 2.05) is 0 Å². The summed E-state index contributed by atoms with van der Waals surface area (Å²) in [6.45, 7) is 0. The van der Waals surface area contributed by atoms with Crippen LogP contribution in [-0.4, -0.2) is 48.5 Å². The maximum absolute atomic E-state index is 10.8. The van der Waals surface area contributed by atoms with E-state index < -0.39 is 43.4 Å². The van der Waals surface area contributed by atoms with E-state index in [0.717, 1.165) is 0 Å². The van der Waals surface area contributed by atoms with Crippen LogP contribution >= 0.6 is 0 Å². The third-order valence-corrected chi connectivity index (χ3v) is 3.94. The van der Waals surface area contributed by atoms with Gasteiger partial charge < -0.3 is 10.8 Å². The van der Waals surface area contributed by atoms with Crippen LogP contribution in [0, 0.1) is 0 Å². The SMILES string of the molecule is NC(=O)C(O)=C(CCCS(=O)(=O)O)CCCS(=O)(=O)O. The van der Waals surface area contributed by atoms with E-state index in [2.05, 4.69) is 0 Å². The van der Waals surface area contributed by atoms with Crippen molar-refractivity contribution < 1.29 is 35.8 Å². The van der Waals surface area contributed by atoms with E-state index in [-0.39, 0.29) is 31.3 Å². The van der Waals surface area contributed by atoms with Crippen molar-refractivity contribution in [2.45, 2.75) is 25.7 Å². The van der Waals surface area contributed by atoms with Gasteiger partial charge in [0.15, 0.2) is 5.76 Å². The molecule has 0 fully saturated rings. The summed E-state index contributed by atoms with van der Waals surface area (Å²) in [5, 5.41) is 9.43. The zero-order valence-corrected chi connectivity index (χ0v) is 12.2. The van der Waals surface area contributed by atoms with Crippen LogP contribution in [0.2, 0.25) is 0 Å². The molecule has 0 aliphatic heterocycles. The normalized spacial score (nSPS) is 12.1. The quantitative estimate of drug-likeness (QED) is 0.251. The molecule has 5 N–H and O–H groups in total. The highest BCUT2D eigenvalue weighted by Crippen LogP contribution is 2.17. The summed E-state index contributed by atoms with van der Waals surface area (Å²) in [4.78, 5) is 10.8. The van der Waals surface area contributed by atoms with Gasteiger partial charge in [-0.2, -0.15) is 16.8 Å². The number of rotatable bonds is 9. The maximum atomic E-state index is 10.8. The zero-order valence-electron chi connectivity index (χ0n) is 10.5. The molecule has 1 amide bonds. The number of allylic oxidation sites excluding steroid dienone is 1. The Balaban J connectivity index is 4.69. The lowest BCUT2D eigenvalue weighted by Crippen LogP contribution is -2.16. The van der Waals surface area contributed by atoms with Crippen LogP contribution in [-0.2, 0) is 25.0 Å². The van der Waals surface area contributed by atoms with E-state index >= 15 is 0 Å². The van der Waals surface area contributed by atoms with Crippen LogP contribution in [0.4, 0.5) is 0 Å². The van der Waals surface area contributed by atoms with Crippen molar-refractivity contribution in [2.75, 3.05) is 11.5 Å². The number of nitrogens with two attached hydrogens (primary N) is 1. The molecule has 0 aliphatic carbocycles. The van der Waals surface area contributed by atoms with Crippen LogP contribution in [0.15, 0.2) is 11.3 Å². The van der Waals surface area contributed by atoms with E-state index in [0.29, 0.717) is 0 Å². The molecule has 0 saturated carbocycles. The van der Waals surface area contributed by atoms with Gasteiger partial charge >= 0.3 is 0 Å². The number of carbonyl (C=O) groups excluding carboxylic acids is 1. The van der Waals surface area contributed by atoms with Gasteiger partial charge in [-0.05, 0) is 31.3 Å². The maximum Gasteiger partial charge on any atom is 0.283 e. The van der Waals surface area contributed by atoms with Crippen LogP contribution in [0.25, 0.3) is 0 Å². The molecule has 0 aromatic heterocycles. The third kappa shape index (κ3) is 9.72. The lowest BCUT2D eigenvalue weighted by molar-refractivity contribution is -0.117. The minimum Gasteiger partial charge on any atom is -0.503 e. The zero-order chi connectivity index (χ0) is 16.0. The molecule has 0 aromatic carbocycles. The van der Waals surface area contributed by atoms with Crippen LogP contribution < -0.4 is 5.73 Å². The van der Waals surface area contributed by atoms with Gasteiger partial charge in [0.05, 0.1) is 11.5 Å². The molecule has 20 heavy (non-hydrogen) atoms. The summed E-state index contributed by atoms with van der Waals surface area (Å²) in [6.07, 6.45) is -0.255. The lowest BCUT2D eigenvalue weighted by Gasteiger charge is -2.08. The first kappa shape index (κ1) is 18.8. The Morgan fingerprint density at radius 1 is 0.900 bits per heavy atom. The number of aliphatic hydroxyl groups is 1. The number of primary amides is 1. The van der Waals surface area contributed by atoms with Crippen molar-refractivity contribution in [1.82, 2.24) is 0 Å². The molecule has 0 heterocycles. The Labute approximate surface area is 117 Å². The van der Waals surface area contributed by atoms with Gasteiger partial charge in [0.25, 0.3) is 26.1 Å². The van der Waals surface area contributed by atoms with Crippen LogP contribution in [0.1, 0.15) is 25.7 Å². The van der Waals surface area contributed by atoms with Crippen LogP contribution in [0.5, 0.6) is 0 Å². The molecule has 0 atom stereocenters. The Morgan fingerprint density at radius 2 is 1.25 bits per heavy atom. The number of aliphatic hydroxyl groups excluding tert-OH is 1. The fraction of sp³-hybridized carbons (Fsp3) is 0.667. The lowest BCUT2D eigenvalue weighted by atomic mass is 10.0. The number of hydrogen-bond acceptors (Lipinski definition) is 6. The van der Waals surface area contributed by atoms with Gasteiger partial charge in [0.2, 0.25) is 0 Å². The van der Waals surface area contributed by atoms with E-state index in [1.165, 1.54) is 0 Å². The monoisotopic (exact) mass is 331 g/mol. The first-order valence-corrected chi connectivity index (χ1v) is 8.75. The largest absolute Gasteiger partial charge is 0.503 e. The van der Waals surface area contributed by atoms with E-state index in [4.69, 9.17) is 14.8 Å². The number of carbonyl (C=O) groups is 1. The predicted octanol–water partition coefficient (Wildman–Crippen LogP) is -0.380. The van der Waals surface area contributed by atoms with Gasteiger partial charge in [-0.25, -0.2) is 0 Å². The first-order valence-electron chi connectivity index (χ1n) is 5.53. The van der Waals surface area contributed by atoms with Gasteiger partial charge in [0.1, 0.15) is 0 Å². The van der Waals surface area contributed by atoms with E-state index in [1.54, 1.807) is 0 Å². The molecule has 0 saturated heterocycles. The molecule has 0 rings (SSSR count). The van der Waals surface area contributed by atoms with Crippen molar-refractivity contribution in [3.8, 4) is 0 Å². The summed E-state index contributed by atoms with van der Waals surface area (Å²) in [7, 11) is -8.33. The highest BCUT2D eigenvalue weighted by atomic mass is 32.2. The van der Waals surface area contributed by atoms with Crippen molar-refractivity contribution >= 4 is 26.1 Å². The van der Waals surface area contributed by atoms with Gasteiger partial charge in [-0.3, -0.25) is 13.9 Å². The smallest absolute Gasteiger partial charge is 0.283 e. The molecule has 0 radical (unpaired) electrons. The molecule has 0 bridgehead atoms. The summed E-state index contributed by atoms with van der Waals surface area (Å²) < 4.78 is 59.2. The highest BCUT2D eigenvalue weighted by Gasteiger charge is 2.14. The highest BCUT2D eigenvalue weighted by molar-refractivity contribution is 7.86. The number of hydrogen-bond donors (Lipinski definition) is 4. The first-order chi connectivity index (χ1) is 8.92. The standard InChI is InChI=1S/C9H17NO8S2/c10-9(12)8(11)7(3-1-5-19(13,14)15)4-2-6-20(16,17)18/h11H,1-6H2,(H2,10,12)(H,13,14,15)(H,16,17,18). The minimum atomic E-state index is -4.17. The summed E-state index contributed by atoms with van der Waals surface area (Å²) in [5.74, 6) is -3.03. The second-order valence-corrected chi connectivity index (χ2v) is 7.24. The van der Waals surface area contributed by atoms with Crippen LogP contribution in [0.3, 0.4) is 0 Å². The van der Waals surface area contributed by atoms with Gasteiger partial charge in [0, 0.05) is 0 Å². The minimum absolute atomic E-state index is 0.0555. The second-order valence-electron chi connectivity index (χ2n) is 4.10. The van der Waals surface area contributed by atoms with Crippen molar-refractivity contribution in [3.05, 3.63) is 11.3 Å². The molecule has 0 unspecified atom stereocenters. The molecule has 118 valence electrons. The third-order valence-electron chi connectivity index (χ3n) is 2.33. The van der Waals surface area contributed by atoms with E-state index in [9.17, 15) is 26.7 Å². The van der Waals surface area contributed by atoms with Gasteiger partial charge in [-0.1, -0.05) is 0 Å². The average molecular weight is 331 g/mol. The predicted molar refractivity (Wildman–Crippen MR) is 70.1 cm³/mol. The van der Waals surface area contributed by atoms with Crippen molar-refractivity contribution in [1.29, 1.82) is 0 Å². The molecular weight excluding hydrogens is 314 g/mol. The number of amides is 1. The second kappa shape index (κ2) is 7.57. The van der Waals surface area contributed by atoms with Crippen molar-refractivity contribution in [2.24, 2.45) is 5.73 Å². The molecule has 9 nitrogen and oxygen atoms in total. The summed E-state index contributed by atoms with van der Waals surface area (Å²) >= 11 is 0. The van der Waals surface area contributed by atoms with Gasteiger partial charge in [-0.15, -0.1) is 0 Å². The van der Waals surface area contributed by atoms with Crippen molar-refractivity contribution in [3.63, 3.8) is 0 Å². The Kier molecular flexibility index (Phi) is 7.13. The Morgan fingerprint density at radius 3 is 1.50 bits per heavy atom. The summed E-state index contributed by atoms with van der Waals surface area (Å²) in [5.41, 5.74) is 4.94. The molecule has 0 aliphatic rings. The Bertz CT molecular complexity index is 535. The topological polar surface area (TPSA) is 172 Å². The molecule has 11 heteroatoms. The molecule has 0 spiro atoms. The Hall–Kier alpha value is -1.17. The molecule has 0 aromatic rings. The average Bonchev–Trinajstić information content (AvgIpc) is 2.22. The molecular formula is C9H17NO8S2.